The molecule has 0 spiro atoms. The summed E-state index contributed by atoms with van der Waals surface area (Å²) in [6, 6.07) is 6.02. The number of nitrogens with zero attached hydrogens (tertiary/aromatic N) is 2. The number of nitro groups is 1. The van der Waals surface area contributed by atoms with E-state index in [1.165, 1.54) is 24.5 Å². The quantitative estimate of drug-likeness (QED) is 0.448. The SMILES string of the molecule is Cc1c(NC(=O)c2cnccc2NN)cccc1[N+](=O)[O-]. The van der Waals surface area contributed by atoms with Crippen LogP contribution in [0.2, 0.25) is 0 Å². The van der Waals surface area contributed by atoms with Gasteiger partial charge in [0.1, 0.15) is 0 Å². The summed E-state index contributed by atoms with van der Waals surface area (Å²) in [6.07, 6.45) is 2.85. The number of nitrogens with two attached hydrogens (primary N) is 1. The third-order valence-electron chi connectivity index (χ3n) is 2.97. The van der Waals surface area contributed by atoms with E-state index in [2.05, 4.69) is 15.7 Å². The highest BCUT2D eigenvalue weighted by Crippen LogP contribution is 2.26. The van der Waals surface area contributed by atoms with Crippen molar-refractivity contribution < 1.29 is 9.72 Å². The van der Waals surface area contributed by atoms with Crippen molar-refractivity contribution in [3.63, 3.8) is 0 Å². The van der Waals surface area contributed by atoms with Gasteiger partial charge in [-0.05, 0) is 19.1 Å². The van der Waals surface area contributed by atoms with Gasteiger partial charge >= 0.3 is 0 Å². The van der Waals surface area contributed by atoms with Crippen molar-refractivity contribution in [2.45, 2.75) is 6.92 Å². The van der Waals surface area contributed by atoms with Crippen LogP contribution < -0.4 is 16.6 Å². The number of nitrogen functional groups attached to an aromatic ring is 1. The van der Waals surface area contributed by atoms with Crippen molar-refractivity contribution in [2.75, 3.05) is 10.7 Å². The van der Waals surface area contributed by atoms with Gasteiger partial charge in [-0.2, -0.15) is 0 Å². The summed E-state index contributed by atoms with van der Waals surface area (Å²) in [7, 11) is 0. The molecule has 8 nitrogen and oxygen atoms in total. The maximum absolute atomic E-state index is 12.2. The monoisotopic (exact) mass is 287 g/mol. The van der Waals surface area contributed by atoms with Crippen LogP contribution in [0.3, 0.4) is 0 Å². The van der Waals surface area contributed by atoms with Crippen molar-refractivity contribution in [3.05, 3.63) is 57.9 Å². The van der Waals surface area contributed by atoms with Crippen molar-refractivity contribution in [2.24, 2.45) is 5.84 Å². The first-order valence-electron chi connectivity index (χ1n) is 6.00. The van der Waals surface area contributed by atoms with E-state index in [1.54, 1.807) is 19.1 Å². The smallest absolute Gasteiger partial charge is 0.274 e. The van der Waals surface area contributed by atoms with Crippen LogP contribution in [0.25, 0.3) is 0 Å². The molecule has 0 aliphatic heterocycles. The summed E-state index contributed by atoms with van der Waals surface area (Å²) in [4.78, 5) is 26.5. The van der Waals surface area contributed by atoms with Crippen molar-refractivity contribution in [1.29, 1.82) is 0 Å². The standard InChI is InChI=1S/C13H13N5O3/c1-8-10(3-2-4-12(8)18(20)21)16-13(19)9-7-15-6-5-11(9)17-14/h2-7H,14H2,1H3,(H,15,17)(H,16,19). The Morgan fingerprint density at radius 3 is 2.76 bits per heavy atom. The van der Waals surface area contributed by atoms with E-state index in [0.29, 0.717) is 16.9 Å². The van der Waals surface area contributed by atoms with Gasteiger partial charge in [0.2, 0.25) is 0 Å². The molecule has 1 amide bonds. The lowest BCUT2D eigenvalue weighted by Crippen LogP contribution is -2.18. The van der Waals surface area contributed by atoms with E-state index >= 15 is 0 Å². The molecule has 0 atom stereocenters. The highest BCUT2D eigenvalue weighted by atomic mass is 16.6. The zero-order chi connectivity index (χ0) is 15.4. The van der Waals surface area contributed by atoms with Gasteiger partial charge in [-0.15, -0.1) is 0 Å². The Morgan fingerprint density at radius 2 is 2.10 bits per heavy atom. The number of carbonyl (C=O) groups excluding carboxylic acids is 1. The first-order valence-corrected chi connectivity index (χ1v) is 6.00. The second-order valence-electron chi connectivity index (χ2n) is 4.23. The average Bonchev–Trinajstić information content (AvgIpc) is 2.48. The van der Waals surface area contributed by atoms with E-state index in [4.69, 9.17) is 5.84 Å². The molecule has 1 aromatic carbocycles. The molecule has 0 radical (unpaired) electrons. The van der Waals surface area contributed by atoms with Crippen molar-refractivity contribution in [3.8, 4) is 0 Å². The van der Waals surface area contributed by atoms with Gasteiger partial charge in [0.05, 0.1) is 27.4 Å². The van der Waals surface area contributed by atoms with Gasteiger partial charge in [0, 0.05) is 18.5 Å². The van der Waals surface area contributed by atoms with Crippen molar-refractivity contribution >= 4 is 23.0 Å². The Balaban J connectivity index is 2.32. The van der Waals surface area contributed by atoms with Crippen LogP contribution in [0.1, 0.15) is 15.9 Å². The predicted molar refractivity (Wildman–Crippen MR) is 77.8 cm³/mol. The normalized spacial score (nSPS) is 10.0. The molecule has 2 rings (SSSR count). The van der Waals surface area contributed by atoms with Gasteiger partial charge in [-0.25, -0.2) is 0 Å². The fourth-order valence-electron chi connectivity index (χ4n) is 1.85. The number of carbonyl (C=O) groups is 1. The van der Waals surface area contributed by atoms with E-state index in [0.717, 1.165) is 0 Å². The molecule has 1 heterocycles. The number of nitrogens with one attached hydrogen (secondary N) is 2. The van der Waals surface area contributed by atoms with Crippen LogP contribution in [-0.4, -0.2) is 15.8 Å². The summed E-state index contributed by atoms with van der Waals surface area (Å²) in [5.74, 6) is 4.87. The van der Waals surface area contributed by atoms with E-state index in [9.17, 15) is 14.9 Å². The molecular formula is C13H13N5O3. The number of aromatic nitrogens is 1. The minimum absolute atomic E-state index is 0.0591. The van der Waals surface area contributed by atoms with Crippen molar-refractivity contribution in [1.82, 2.24) is 4.98 Å². The highest BCUT2D eigenvalue weighted by molar-refractivity contribution is 6.08. The molecule has 0 saturated carbocycles. The summed E-state index contributed by atoms with van der Waals surface area (Å²) in [6.45, 7) is 1.57. The van der Waals surface area contributed by atoms with Gasteiger partial charge in [0.25, 0.3) is 11.6 Å². The van der Waals surface area contributed by atoms with E-state index in [-0.39, 0.29) is 11.3 Å². The zero-order valence-electron chi connectivity index (χ0n) is 11.2. The Kier molecular flexibility index (Phi) is 4.10. The number of hydrogen-bond donors (Lipinski definition) is 3. The van der Waals surface area contributed by atoms with E-state index < -0.39 is 10.8 Å². The van der Waals surface area contributed by atoms with Crippen LogP contribution in [0.15, 0.2) is 36.7 Å². The Bertz CT molecular complexity index is 702. The van der Waals surface area contributed by atoms with Crippen LogP contribution in [0.4, 0.5) is 17.1 Å². The first kappa shape index (κ1) is 14.4. The van der Waals surface area contributed by atoms with E-state index in [1.807, 2.05) is 0 Å². The lowest BCUT2D eigenvalue weighted by molar-refractivity contribution is -0.385. The number of pyridine rings is 1. The Hall–Kier alpha value is -3.00. The molecule has 0 bridgehead atoms. The number of hydrazine groups is 1. The largest absolute Gasteiger partial charge is 0.323 e. The molecule has 0 aliphatic carbocycles. The van der Waals surface area contributed by atoms with Crippen LogP contribution in [0.5, 0.6) is 0 Å². The lowest BCUT2D eigenvalue weighted by atomic mass is 10.1. The topological polar surface area (TPSA) is 123 Å². The number of hydrogen-bond acceptors (Lipinski definition) is 6. The van der Waals surface area contributed by atoms with Gasteiger partial charge in [-0.3, -0.25) is 25.7 Å². The molecule has 21 heavy (non-hydrogen) atoms. The van der Waals surface area contributed by atoms with Crippen LogP contribution in [0, 0.1) is 17.0 Å². The fraction of sp³-hybridized carbons (Fsp3) is 0.0769. The third-order valence-corrected chi connectivity index (χ3v) is 2.97. The summed E-state index contributed by atoms with van der Waals surface area (Å²) in [5.41, 5.74) is 3.73. The molecule has 2 aromatic rings. The Labute approximate surface area is 120 Å². The van der Waals surface area contributed by atoms with Gasteiger partial charge in [0.15, 0.2) is 0 Å². The number of anilines is 2. The number of nitro benzene ring substituents is 1. The van der Waals surface area contributed by atoms with Gasteiger partial charge < -0.3 is 10.7 Å². The van der Waals surface area contributed by atoms with Gasteiger partial charge in [-0.1, -0.05) is 6.07 Å². The highest BCUT2D eigenvalue weighted by Gasteiger charge is 2.17. The second kappa shape index (κ2) is 5.97. The average molecular weight is 287 g/mol. The molecular weight excluding hydrogens is 274 g/mol. The number of benzene rings is 1. The second-order valence-corrected chi connectivity index (χ2v) is 4.23. The van der Waals surface area contributed by atoms with Crippen LogP contribution in [-0.2, 0) is 0 Å². The summed E-state index contributed by atoms with van der Waals surface area (Å²) in [5, 5.41) is 13.5. The number of amides is 1. The third kappa shape index (κ3) is 2.95. The lowest BCUT2D eigenvalue weighted by Gasteiger charge is -2.10. The fourth-order valence-corrected chi connectivity index (χ4v) is 1.85. The summed E-state index contributed by atoms with van der Waals surface area (Å²) >= 11 is 0. The molecule has 0 aliphatic rings. The minimum Gasteiger partial charge on any atom is -0.323 e. The maximum Gasteiger partial charge on any atom is 0.274 e. The molecule has 4 N–H and O–H groups in total. The van der Waals surface area contributed by atoms with Crippen LogP contribution >= 0.6 is 0 Å². The summed E-state index contributed by atoms with van der Waals surface area (Å²) < 4.78 is 0. The minimum atomic E-state index is -0.498. The molecule has 108 valence electrons. The molecule has 0 saturated heterocycles. The Morgan fingerprint density at radius 1 is 1.33 bits per heavy atom. The first-order chi connectivity index (χ1) is 10.0. The molecule has 0 fully saturated rings. The zero-order valence-corrected chi connectivity index (χ0v) is 11.2. The number of rotatable bonds is 4. The predicted octanol–water partition coefficient (Wildman–Crippen LogP) is 1.84. The molecule has 0 unspecified atom stereocenters. The molecule has 8 heteroatoms. The molecule has 1 aromatic heterocycles. The maximum atomic E-state index is 12.2.